The van der Waals surface area contributed by atoms with E-state index in [0.29, 0.717) is 0 Å². The molecular weight excluding hydrogens is 361 g/mol. The Hall–Kier alpha value is -3.78. The Kier molecular flexibility index (Phi) is 4.82. The van der Waals surface area contributed by atoms with E-state index in [4.69, 9.17) is 7.85 Å². The van der Waals surface area contributed by atoms with Gasteiger partial charge in [0, 0.05) is 17.1 Å². The molecule has 0 aliphatic rings. The summed E-state index contributed by atoms with van der Waals surface area (Å²) in [5, 5.41) is 2.47. The molecule has 0 spiro atoms. The Balaban J connectivity index is 1.59. The first-order valence-electron chi connectivity index (χ1n) is 10.1. The van der Waals surface area contributed by atoms with Gasteiger partial charge in [-0.25, -0.2) is 0 Å². The summed E-state index contributed by atoms with van der Waals surface area (Å²) >= 11 is 0. The van der Waals surface area contributed by atoms with Gasteiger partial charge in [-0.05, 0) is 58.3 Å². The van der Waals surface area contributed by atoms with E-state index in [2.05, 4.69) is 108 Å². The molecule has 0 atom stereocenters. The molecule has 0 aliphatic carbocycles. The highest BCUT2D eigenvalue weighted by Crippen LogP contribution is 2.36. The van der Waals surface area contributed by atoms with Crippen LogP contribution in [-0.2, 0) is 0 Å². The van der Waals surface area contributed by atoms with Crippen molar-refractivity contribution in [2.75, 3.05) is 4.90 Å². The van der Waals surface area contributed by atoms with Gasteiger partial charge in [0.1, 0.15) is 7.85 Å². The van der Waals surface area contributed by atoms with Crippen LogP contribution in [0.15, 0.2) is 121 Å². The monoisotopic (exact) mass is 381 g/mol. The predicted octanol–water partition coefficient (Wildman–Crippen LogP) is 6.77. The minimum atomic E-state index is 0.780. The third-order valence-electron chi connectivity index (χ3n) is 5.38. The zero-order valence-electron chi connectivity index (χ0n) is 16.6. The molecule has 2 heteroatoms. The van der Waals surface area contributed by atoms with Crippen LogP contribution >= 0.6 is 0 Å². The van der Waals surface area contributed by atoms with Crippen molar-refractivity contribution in [3.8, 4) is 11.1 Å². The van der Waals surface area contributed by atoms with Crippen molar-refractivity contribution in [2.45, 2.75) is 0 Å². The van der Waals surface area contributed by atoms with Gasteiger partial charge in [0.15, 0.2) is 0 Å². The second-order valence-electron chi connectivity index (χ2n) is 7.37. The number of para-hydroxylation sites is 1. The SMILES string of the molecule is [B]c1ccc(-c2ccc(N(c3ccccc3)c3ccc4ccccc4c3)cc2)cc1. The summed E-state index contributed by atoms with van der Waals surface area (Å²) in [5.74, 6) is 0. The summed E-state index contributed by atoms with van der Waals surface area (Å²) in [6.07, 6.45) is 0. The maximum atomic E-state index is 5.83. The molecule has 0 unspecified atom stereocenters. The molecule has 0 saturated carbocycles. The van der Waals surface area contributed by atoms with Crippen LogP contribution in [0.25, 0.3) is 21.9 Å². The van der Waals surface area contributed by atoms with E-state index in [9.17, 15) is 0 Å². The highest BCUT2D eigenvalue weighted by atomic mass is 15.1. The van der Waals surface area contributed by atoms with Crippen molar-refractivity contribution < 1.29 is 0 Å². The number of rotatable bonds is 4. The molecule has 0 aliphatic heterocycles. The number of anilines is 3. The van der Waals surface area contributed by atoms with E-state index in [1.54, 1.807) is 0 Å². The van der Waals surface area contributed by atoms with Crippen molar-refractivity contribution in [1.29, 1.82) is 0 Å². The summed E-state index contributed by atoms with van der Waals surface area (Å²) in [7, 11) is 5.83. The molecular formula is C28H20BN. The maximum absolute atomic E-state index is 5.83. The Labute approximate surface area is 178 Å². The molecule has 30 heavy (non-hydrogen) atoms. The van der Waals surface area contributed by atoms with Crippen LogP contribution in [0.4, 0.5) is 17.1 Å². The third kappa shape index (κ3) is 3.60. The van der Waals surface area contributed by atoms with Crippen LogP contribution in [-0.4, -0.2) is 7.85 Å². The van der Waals surface area contributed by atoms with Gasteiger partial charge < -0.3 is 4.90 Å². The fourth-order valence-corrected chi connectivity index (χ4v) is 3.82. The first kappa shape index (κ1) is 18.3. The molecule has 140 valence electrons. The molecule has 0 heterocycles. The van der Waals surface area contributed by atoms with Crippen LogP contribution < -0.4 is 10.4 Å². The molecule has 0 saturated heterocycles. The van der Waals surface area contributed by atoms with Gasteiger partial charge in [-0.15, -0.1) is 0 Å². The molecule has 5 rings (SSSR count). The minimum absolute atomic E-state index is 0.780. The lowest BCUT2D eigenvalue weighted by Crippen LogP contribution is -2.09. The second kappa shape index (κ2) is 7.92. The van der Waals surface area contributed by atoms with Crippen LogP contribution in [0.3, 0.4) is 0 Å². The van der Waals surface area contributed by atoms with Gasteiger partial charge in [-0.1, -0.05) is 90.4 Å². The Bertz CT molecular complexity index is 1280. The Morgan fingerprint density at radius 3 is 1.67 bits per heavy atom. The minimum Gasteiger partial charge on any atom is -0.310 e. The van der Waals surface area contributed by atoms with Crippen LogP contribution in [0.2, 0.25) is 0 Å². The molecule has 5 aromatic rings. The van der Waals surface area contributed by atoms with Gasteiger partial charge in [0.25, 0.3) is 0 Å². The van der Waals surface area contributed by atoms with E-state index in [0.717, 1.165) is 28.1 Å². The molecule has 0 N–H and O–H groups in total. The lowest BCUT2D eigenvalue weighted by Gasteiger charge is -2.26. The highest BCUT2D eigenvalue weighted by Gasteiger charge is 2.13. The number of hydrogen-bond acceptors (Lipinski definition) is 1. The summed E-state index contributed by atoms with van der Waals surface area (Å²) in [4.78, 5) is 2.29. The normalized spacial score (nSPS) is 10.8. The van der Waals surface area contributed by atoms with Crippen molar-refractivity contribution >= 4 is 41.1 Å². The highest BCUT2D eigenvalue weighted by molar-refractivity contribution is 6.32. The van der Waals surface area contributed by atoms with Crippen molar-refractivity contribution in [1.82, 2.24) is 0 Å². The standard InChI is InChI=1S/C28H20BN/c29-25-15-10-22(11-16-25)23-12-17-27(18-13-23)30(26-8-2-1-3-9-26)28-19-14-21-6-4-5-7-24(21)20-28/h1-20H. The number of hydrogen-bond donors (Lipinski definition) is 0. The topological polar surface area (TPSA) is 3.24 Å². The predicted molar refractivity (Wildman–Crippen MR) is 129 cm³/mol. The Morgan fingerprint density at radius 2 is 0.967 bits per heavy atom. The van der Waals surface area contributed by atoms with Crippen molar-refractivity contribution in [3.05, 3.63) is 121 Å². The summed E-state index contributed by atoms with van der Waals surface area (Å²) < 4.78 is 0. The number of fused-ring (bicyclic) bond motifs is 1. The van der Waals surface area contributed by atoms with Gasteiger partial charge in [0.2, 0.25) is 0 Å². The van der Waals surface area contributed by atoms with E-state index in [1.165, 1.54) is 16.3 Å². The smallest absolute Gasteiger partial charge is 0.113 e. The molecule has 5 aromatic carbocycles. The molecule has 0 fully saturated rings. The van der Waals surface area contributed by atoms with Crippen LogP contribution in [0.5, 0.6) is 0 Å². The van der Waals surface area contributed by atoms with Gasteiger partial charge in [0.05, 0.1) is 0 Å². The summed E-state index contributed by atoms with van der Waals surface area (Å²) in [5.41, 5.74) is 6.50. The molecule has 0 bridgehead atoms. The maximum Gasteiger partial charge on any atom is 0.113 e. The van der Waals surface area contributed by atoms with E-state index in [-0.39, 0.29) is 0 Å². The molecule has 1 nitrogen and oxygen atoms in total. The van der Waals surface area contributed by atoms with Gasteiger partial charge in [-0.3, -0.25) is 0 Å². The average molecular weight is 381 g/mol. The van der Waals surface area contributed by atoms with Gasteiger partial charge in [-0.2, -0.15) is 0 Å². The average Bonchev–Trinajstić information content (AvgIpc) is 2.81. The van der Waals surface area contributed by atoms with E-state index in [1.807, 2.05) is 18.2 Å². The first-order chi connectivity index (χ1) is 14.8. The number of benzene rings is 5. The third-order valence-corrected chi connectivity index (χ3v) is 5.38. The van der Waals surface area contributed by atoms with E-state index < -0.39 is 0 Å². The van der Waals surface area contributed by atoms with Crippen molar-refractivity contribution in [2.24, 2.45) is 0 Å². The molecule has 0 amide bonds. The quantitative estimate of drug-likeness (QED) is 0.311. The first-order valence-corrected chi connectivity index (χ1v) is 10.1. The molecule has 0 aromatic heterocycles. The summed E-state index contributed by atoms with van der Waals surface area (Å²) in [6.45, 7) is 0. The van der Waals surface area contributed by atoms with E-state index >= 15 is 0 Å². The lowest BCUT2D eigenvalue weighted by atomic mass is 9.93. The van der Waals surface area contributed by atoms with Crippen molar-refractivity contribution in [3.63, 3.8) is 0 Å². The Morgan fingerprint density at radius 1 is 0.433 bits per heavy atom. The fraction of sp³-hybridized carbons (Fsp3) is 0. The summed E-state index contributed by atoms with van der Waals surface area (Å²) in [6, 6.07) is 42.2. The zero-order chi connectivity index (χ0) is 20.3. The van der Waals surface area contributed by atoms with Crippen LogP contribution in [0.1, 0.15) is 0 Å². The zero-order valence-corrected chi connectivity index (χ0v) is 16.6. The van der Waals surface area contributed by atoms with Crippen LogP contribution in [0, 0.1) is 0 Å². The molecule has 2 radical (unpaired) electrons. The van der Waals surface area contributed by atoms with Gasteiger partial charge >= 0.3 is 0 Å². The fourth-order valence-electron chi connectivity index (χ4n) is 3.82. The lowest BCUT2D eigenvalue weighted by molar-refractivity contribution is 1.29. The largest absolute Gasteiger partial charge is 0.310 e. The second-order valence-corrected chi connectivity index (χ2v) is 7.37. The number of nitrogens with zero attached hydrogens (tertiary/aromatic N) is 1.